The molecule has 8 heteroatoms. The van der Waals surface area contributed by atoms with Crippen LogP contribution in [-0.2, 0) is 22.6 Å². The number of aliphatic carboxylic acids is 1. The predicted molar refractivity (Wildman–Crippen MR) is 111 cm³/mol. The molecule has 0 amide bonds. The van der Waals surface area contributed by atoms with Gasteiger partial charge < -0.3 is 9.84 Å². The van der Waals surface area contributed by atoms with E-state index in [0.29, 0.717) is 40.0 Å². The minimum absolute atomic E-state index is 0.0796. The highest BCUT2D eigenvalue weighted by atomic mass is 32.2. The third-order valence-electron chi connectivity index (χ3n) is 4.79. The number of hydrogen-bond donors (Lipinski definition) is 1. The number of para-hydroxylation sites is 1. The summed E-state index contributed by atoms with van der Waals surface area (Å²) in [6, 6.07) is 9.24. The maximum absolute atomic E-state index is 13.5. The lowest BCUT2D eigenvalue weighted by Gasteiger charge is -2.26. The molecule has 3 aromatic rings. The van der Waals surface area contributed by atoms with Crippen molar-refractivity contribution < 1.29 is 14.6 Å². The lowest BCUT2D eigenvalue weighted by atomic mass is 9.96. The number of nitrogens with zero attached hydrogens (tertiary/aromatic N) is 2. The van der Waals surface area contributed by atoms with Gasteiger partial charge in [0.15, 0.2) is 5.16 Å². The molecule has 1 atom stereocenters. The minimum atomic E-state index is -0.947. The molecule has 0 bridgehead atoms. The van der Waals surface area contributed by atoms with Gasteiger partial charge in [-0.25, -0.2) is 4.98 Å². The number of fused-ring (bicyclic) bond motifs is 3. The second kappa shape index (κ2) is 7.69. The fourth-order valence-corrected chi connectivity index (χ4v) is 5.26. The quantitative estimate of drug-likeness (QED) is 0.504. The number of carboxylic acids is 1. The van der Waals surface area contributed by atoms with E-state index in [1.165, 1.54) is 15.9 Å². The molecule has 2 aromatic heterocycles. The van der Waals surface area contributed by atoms with Crippen molar-refractivity contribution in [2.24, 2.45) is 5.92 Å². The molecule has 146 valence electrons. The molecule has 0 fully saturated rings. The maximum Gasteiger partial charge on any atom is 0.313 e. The summed E-state index contributed by atoms with van der Waals surface area (Å²) in [4.78, 5) is 31.0. The lowest BCUT2D eigenvalue weighted by molar-refractivity contribution is -0.133. The Balaban J connectivity index is 1.93. The first-order chi connectivity index (χ1) is 13.5. The zero-order valence-corrected chi connectivity index (χ0v) is 17.2. The molecule has 0 saturated heterocycles. The number of thiophene rings is 1. The van der Waals surface area contributed by atoms with Crippen molar-refractivity contribution in [1.29, 1.82) is 0 Å². The fraction of sp³-hybridized carbons (Fsp3) is 0.350. The molecule has 0 aliphatic carbocycles. The van der Waals surface area contributed by atoms with Crippen molar-refractivity contribution in [3.8, 4) is 5.69 Å². The minimum Gasteiger partial charge on any atom is -0.481 e. The highest BCUT2D eigenvalue weighted by Gasteiger charge is 2.28. The molecule has 1 aliphatic rings. The summed E-state index contributed by atoms with van der Waals surface area (Å²) in [6.45, 7) is 4.72. The summed E-state index contributed by atoms with van der Waals surface area (Å²) in [5.41, 5.74) is 1.56. The highest BCUT2D eigenvalue weighted by Crippen LogP contribution is 2.36. The van der Waals surface area contributed by atoms with E-state index in [-0.39, 0.29) is 17.4 Å². The second-order valence-corrected chi connectivity index (χ2v) is 9.06. The van der Waals surface area contributed by atoms with Crippen molar-refractivity contribution in [3.63, 3.8) is 0 Å². The van der Waals surface area contributed by atoms with Crippen LogP contribution in [0, 0.1) is 5.92 Å². The number of ether oxygens (including phenoxy) is 1. The van der Waals surface area contributed by atoms with Crippen molar-refractivity contribution in [2.75, 3.05) is 5.75 Å². The van der Waals surface area contributed by atoms with Crippen LogP contribution in [0.25, 0.3) is 15.9 Å². The van der Waals surface area contributed by atoms with E-state index in [0.717, 1.165) is 22.2 Å². The standard InChI is InChI=1S/C20H20N2O4S2/c1-11(2)14-8-13-15(9-26-14)28-18-17(13)19(25)22(12-6-4-3-5-7-12)20(21-18)27-10-16(23)24/h3-7,11,14H,8-10H2,1-2H3,(H,23,24). The van der Waals surface area contributed by atoms with Crippen LogP contribution in [0.2, 0.25) is 0 Å². The average Bonchev–Trinajstić information content (AvgIpc) is 3.04. The van der Waals surface area contributed by atoms with Crippen LogP contribution < -0.4 is 5.56 Å². The van der Waals surface area contributed by atoms with Crippen LogP contribution in [0.15, 0.2) is 40.3 Å². The number of carboxylic acid groups (broad SMARTS) is 1. The predicted octanol–water partition coefficient (Wildman–Crippen LogP) is 3.72. The van der Waals surface area contributed by atoms with Crippen LogP contribution in [-0.4, -0.2) is 32.5 Å². The maximum atomic E-state index is 13.5. The molecular weight excluding hydrogens is 396 g/mol. The van der Waals surface area contributed by atoms with E-state index in [1.54, 1.807) is 0 Å². The largest absolute Gasteiger partial charge is 0.481 e. The lowest BCUT2D eigenvalue weighted by Crippen LogP contribution is -2.28. The summed E-state index contributed by atoms with van der Waals surface area (Å²) >= 11 is 2.53. The van der Waals surface area contributed by atoms with Crippen LogP contribution in [0.3, 0.4) is 0 Å². The van der Waals surface area contributed by atoms with E-state index in [2.05, 4.69) is 18.8 Å². The summed E-state index contributed by atoms with van der Waals surface area (Å²) < 4.78 is 7.48. The Bertz CT molecular complexity index is 1090. The van der Waals surface area contributed by atoms with Gasteiger partial charge in [-0.15, -0.1) is 11.3 Å². The Morgan fingerprint density at radius 3 is 2.82 bits per heavy atom. The molecule has 1 unspecified atom stereocenters. The van der Waals surface area contributed by atoms with Gasteiger partial charge in [0.05, 0.1) is 29.5 Å². The first-order valence-electron chi connectivity index (χ1n) is 9.04. The van der Waals surface area contributed by atoms with Gasteiger partial charge in [0, 0.05) is 11.3 Å². The summed E-state index contributed by atoms with van der Waals surface area (Å²) in [6.07, 6.45) is 0.774. The van der Waals surface area contributed by atoms with Crippen LogP contribution in [0.4, 0.5) is 0 Å². The molecule has 0 radical (unpaired) electrons. The normalized spacial score (nSPS) is 16.5. The Hall–Kier alpha value is -2.16. The topological polar surface area (TPSA) is 81.4 Å². The average molecular weight is 417 g/mol. The second-order valence-electron chi connectivity index (χ2n) is 7.03. The molecule has 1 aliphatic heterocycles. The molecule has 1 aromatic carbocycles. The van der Waals surface area contributed by atoms with Gasteiger partial charge in [0.1, 0.15) is 4.83 Å². The zero-order valence-electron chi connectivity index (χ0n) is 15.5. The summed E-state index contributed by atoms with van der Waals surface area (Å²) in [5, 5.41) is 10.1. The van der Waals surface area contributed by atoms with Crippen molar-refractivity contribution >= 4 is 39.3 Å². The van der Waals surface area contributed by atoms with Crippen molar-refractivity contribution in [1.82, 2.24) is 9.55 Å². The van der Waals surface area contributed by atoms with Gasteiger partial charge in [-0.2, -0.15) is 0 Å². The van der Waals surface area contributed by atoms with E-state index >= 15 is 0 Å². The van der Waals surface area contributed by atoms with Crippen molar-refractivity contribution in [2.45, 2.75) is 38.1 Å². The van der Waals surface area contributed by atoms with Gasteiger partial charge >= 0.3 is 5.97 Å². The Morgan fingerprint density at radius 2 is 2.14 bits per heavy atom. The highest BCUT2D eigenvalue weighted by molar-refractivity contribution is 7.99. The third kappa shape index (κ3) is 3.47. The molecule has 0 saturated carbocycles. The Kier molecular flexibility index (Phi) is 5.27. The SMILES string of the molecule is CC(C)C1Cc2c(sc3nc(SCC(=O)O)n(-c4ccccc4)c(=O)c23)CO1. The number of benzene rings is 1. The number of hydrogen-bond acceptors (Lipinski definition) is 6. The number of carbonyl (C=O) groups is 1. The van der Waals surface area contributed by atoms with Gasteiger partial charge in [-0.05, 0) is 23.6 Å². The molecular formula is C20H20N2O4S2. The molecule has 28 heavy (non-hydrogen) atoms. The summed E-state index contributed by atoms with van der Waals surface area (Å²) in [7, 11) is 0. The third-order valence-corrected chi connectivity index (χ3v) is 6.82. The van der Waals surface area contributed by atoms with Crippen molar-refractivity contribution in [3.05, 3.63) is 51.1 Å². The van der Waals surface area contributed by atoms with Crippen LogP contribution >= 0.6 is 23.1 Å². The van der Waals surface area contributed by atoms with Gasteiger partial charge in [-0.1, -0.05) is 43.8 Å². The first-order valence-corrected chi connectivity index (χ1v) is 10.8. The number of rotatable bonds is 5. The number of thioether (sulfide) groups is 1. The van der Waals surface area contributed by atoms with Crippen LogP contribution in [0.1, 0.15) is 24.3 Å². The Labute approximate surface area is 170 Å². The molecule has 4 rings (SSSR count). The Morgan fingerprint density at radius 1 is 1.39 bits per heavy atom. The zero-order chi connectivity index (χ0) is 19.8. The number of aromatic nitrogens is 2. The molecule has 0 spiro atoms. The van der Waals surface area contributed by atoms with Gasteiger partial charge in [0.2, 0.25) is 0 Å². The molecule has 1 N–H and O–H groups in total. The first kappa shape index (κ1) is 19.2. The van der Waals surface area contributed by atoms with E-state index in [1.807, 2.05) is 30.3 Å². The summed E-state index contributed by atoms with van der Waals surface area (Å²) in [5.74, 6) is -0.746. The fourth-order valence-electron chi connectivity index (χ4n) is 3.36. The van der Waals surface area contributed by atoms with E-state index in [9.17, 15) is 9.59 Å². The van der Waals surface area contributed by atoms with Gasteiger partial charge in [0.25, 0.3) is 5.56 Å². The van der Waals surface area contributed by atoms with Crippen LogP contribution in [0.5, 0.6) is 0 Å². The molecule has 3 heterocycles. The monoisotopic (exact) mass is 416 g/mol. The van der Waals surface area contributed by atoms with E-state index < -0.39 is 5.97 Å². The van der Waals surface area contributed by atoms with Gasteiger partial charge in [-0.3, -0.25) is 14.2 Å². The smallest absolute Gasteiger partial charge is 0.313 e. The molecule has 6 nitrogen and oxygen atoms in total. The van der Waals surface area contributed by atoms with E-state index in [4.69, 9.17) is 9.84 Å².